The number of sulfone groups is 1. The molecule has 0 saturated heterocycles. The molecule has 0 spiro atoms. The molecule has 0 aliphatic rings. The van der Waals surface area contributed by atoms with Crippen molar-refractivity contribution < 1.29 is 17.5 Å². The lowest BCUT2D eigenvalue weighted by Crippen LogP contribution is -2.44. The number of hydrogen-bond donors (Lipinski definition) is 2. The molecule has 8 heteroatoms. The van der Waals surface area contributed by atoms with E-state index in [-0.39, 0.29) is 24.2 Å². The van der Waals surface area contributed by atoms with Crippen molar-refractivity contribution in [2.45, 2.75) is 45.0 Å². The van der Waals surface area contributed by atoms with Crippen molar-refractivity contribution in [3.63, 3.8) is 0 Å². The molecular formula is C18H30FN3O3S. The second-order valence-electron chi connectivity index (χ2n) is 6.89. The first-order valence-electron chi connectivity index (χ1n) is 8.68. The van der Waals surface area contributed by atoms with Gasteiger partial charge in [-0.2, -0.15) is 0 Å². The summed E-state index contributed by atoms with van der Waals surface area (Å²) in [4.78, 5) is 4.07. The van der Waals surface area contributed by atoms with Crippen LogP contribution in [0.3, 0.4) is 0 Å². The molecule has 0 saturated carbocycles. The Morgan fingerprint density at radius 2 is 1.92 bits per heavy atom. The third kappa shape index (κ3) is 6.82. The minimum Gasteiger partial charge on any atom is -0.486 e. The van der Waals surface area contributed by atoms with Gasteiger partial charge in [0.25, 0.3) is 0 Å². The third-order valence-corrected chi connectivity index (χ3v) is 6.51. The topological polar surface area (TPSA) is 79.8 Å². The van der Waals surface area contributed by atoms with Crippen LogP contribution in [0.25, 0.3) is 0 Å². The van der Waals surface area contributed by atoms with Crippen LogP contribution in [0.2, 0.25) is 0 Å². The lowest BCUT2D eigenvalue weighted by molar-refractivity contribution is 0.191. The van der Waals surface area contributed by atoms with Gasteiger partial charge in [-0.1, -0.05) is 19.1 Å². The van der Waals surface area contributed by atoms with Crippen molar-refractivity contribution in [3.05, 3.63) is 30.1 Å². The smallest absolute Gasteiger partial charge is 0.191 e. The average Bonchev–Trinajstić information content (AvgIpc) is 2.57. The summed E-state index contributed by atoms with van der Waals surface area (Å²) in [7, 11) is -1.59. The summed E-state index contributed by atoms with van der Waals surface area (Å²) in [6.07, 6.45) is 0.431. The summed E-state index contributed by atoms with van der Waals surface area (Å²) in [6.45, 7) is 7.66. The van der Waals surface area contributed by atoms with Gasteiger partial charge in [0, 0.05) is 13.6 Å². The maximum atomic E-state index is 13.7. The van der Waals surface area contributed by atoms with Gasteiger partial charge >= 0.3 is 0 Å². The standard InChI is InChI=1S/C18H30FN3O3S/c1-6-14(25-16-10-8-7-9-15(16)19)13-22-17(20-5)21-11-12-26(23,24)18(2,3)4/h7-10,14H,6,11-13H2,1-5H3,(H2,20,21,22). The number of aliphatic imine (C=N–C) groups is 1. The van der Waals surface area contributed by atoms with Gasteiger partial charge in [0.05, 0.1) is 17.0 Å². The number of halogens is 1. The summed E-state index contributed by atoms with van der Waals surface area (Å²) in [6, 6.07) is 6.27. The highest BCUT2D eigenvalue weighted by molar-refractivity contribution is 7.92. The van der Waals surface area contributed by atoms with Crippen LogP contribution in [0.4, 0.5) is 4.39 Å². The second kappa shape index (κ2) is 9.75. The van der Waals surface area contributed by atoms with E-state index >= 15 is 0 Å². The summed E-state index contributed by atoms with van der Waals surface area (Å²) in [5.74, 6) is 0.297. The van der Waals surface area contributed by atoms with Crippen LogP contribution in [0.5, 0.6) is 5.75 Å². The molecular weight excluding hydrogens is 357 g/mol. The lowest BCUT2D eigenvalue weighted by atomic mass is 10.2. The summed E-state index contributed by atoms with van der Waals surface area (Å²) in [5, 5.41) is 6.06. The minimum atomic E-state index is -3.19. The minimum absolute atomic E-state index is 0.0140. The molecule has 1 atom stereocenters. The molecule has 0 aromatic heterocycles. The van der Waals surface area contributed by atoms with E-state index in [4.69, 9.17) is 4.74 Å². The van der Waals surface area contributed by atoms with E-state index in [0.717, 1.165) is 0 Å². The van der Waals surface area contributed by atoms with Crippen molar-refractivity contribution in [3.8, 4) is 5.75 Å². The number of nitrogens with one attached hydrogen (secondary N) is 2. The van der Waals surface area contributed by atoms with E-state index in [0.29, 0.717) is 18.9 Å². The van der Waals surface area contributed by atoms with E-state index < -0.39 is 20.4 Å². The van der Waals surface area contributed by atoms with Crippen molar-refractivity contribution in [2.75, 3.05) is 25.9 Å². The van der Waals surface area contributed by atoms with Crippen LogP contribution >= 0.6 is 0 Å². The number of para-hydroxylation sites is 1. The third-order valence-electron chi connectivity index (χ3n) is 3.90. The van der Waals surface area contributed by atoms with Crippen LogP contribution in [-0.4, -0.2) is 51.1 Å². The molecule has 0 heterocycles. The molecule has 0 fully saturated rings. The van der Waals surface area contributed by atoms with E-state index in [1.54, 1.807) is 46.0 Å². The van der Waals surface area contributed by atoms with Crippen LogP contribution in [-0.2, 0) is 9.84 Å². The molecule has 6 nitrogen and oxygen atoms in total. The SMILES string of the molecule is CCC(CNC(=NC)NCCS(=O)(=O)C(C)(C)C)Oc1ccccc1F. The van der Waals surface area contributed by atoms with Gasteiger partial charge in [-0.15, -0.1) is 0 Å². The zero-order valence-corrected chi connectivity index (χ0v) is 17.0. The maximum absolute atomic E-state index is 13.7. The molecule has 0 bridgehead atoms. The number of rotatable bonds is 8. The Hall–Kier alpha value is -1.83. The molecule has 1 aromatic carbocycles. The molecule has 148 valence electrons. The van der Waals surface area contributed by atoms with Crippen LogP contribution in [0.15, 0.2) is 29.3 Å². The number of hydrogen-bond acceptors (Lipinski definition) is 4. The number of nitrogens with zero attached hydrogens (tertiary/aromatic N) is 1. The molecule has 1 aromatic rings. The van der Waals surface area contributed by atoms with Crippen LogP contribution in [0, 0.1) is 5.82 Å². The van der Waals surface area contributed by atoms with E-state index in [9.17, 15) is 12.8 Å². The molecule has 1 unspecified atom stereocenters. The van der Waals surface area contributed by atoms with Crippen molar-refractivity contribution in [1.29, 1.82) is 0 Å². The average molecular weight is 388 g/mol. The Balaban J connectivity index is 2.51. The molecule has 0 amide bonds. The number of benzene rings is 1. The van der Waals surface area contributed by atoms with E-state index in [2.05, 4.69) is 15.6 Å². The Morgan fingerprint density at radius 3 is 2.46 bits per heavy atom. The molecule has 0 aliphatic carbocycles. The first-order chi connectivity index (χ1) is 12.1. The fraction of sp³-hybridized carbons (Fsp3) is 0.611. The molecule has 0 radical (unpaired) electrons. The highest BCUT2D eigenvalue weighted by atomic mass is 32.2. The first-order valence-corrected chi connectivity index (χ1v) is 10.3. The van der Waals surface area contributed by atoms with Crippen molar-refractivity contribution in [2.24, 2.45) is 4.99 Å². The highest BCUT2D eigenvalue weighted by Gasteiger charge is 2.28. The van der Waals surface area contributed by atoms with Crippen molar-refractivity contribution in [1.82, 2.24) is 10.6 Å². The molecule has 2 N–H and O–H groups in total. The van der Waals surface area contributed by atoms with Gasteiger partial charge < -0.3 is 15.4 Å². The monoisotopic (exact) mass is 387 g/mol. The summed E-state index contributed by atoms with van der Waals surface area (Å²) < 4.78 is 42.8. The summed E-state index contributed by atoms with van der Waals surface area (Å²) >= 11 is 0. The van der Waals surface area contributed by atoms with Crippen molar-refractivity contribution >= 4 is 15.8 Å². The van der Waals surface area contributed by atoms with Crippen LogP contribution in [0.1, 0.15) is 34.1 Å². The predicted octanol–water partition coefficient (Wildman–Crippen LogP) is 2.36. The summed E-state index contributed by atoms with van der Waals surface area (Å²) in [5.41, 5.74) is 0. The second-order valence-corrected chi connectivity index (χ2v) is 9.75. The number of ether oxygens (including phenoxy) is 1. The van der Waals surface area contributed by atoms with Crippen LogP contribution < -0.4 is 15.4 Å². The molecule has 26 heavy (non-hydrogen) atoms. The Kier molecular flexibility index (Phi) is 8.33. The Bertz CT molecular complexity index is 700. The van der Waals surface area contributed by atoms with E-state index in [1.165, 1.54) is 6.07 Å². The van der Waals surface area contributed by atoms with Gasteiger partial charge in [0.15, 0.2) is 27.4 Å². The predicted molar refractivity (Wildman–Crippen MR) is 104 cm³/mol. The lowest BCUT2D eigenvalue weighted by Gasteiger charge is -2.21. The maximum Gasteiger partial charge on any atom is 0.191 e. The fourth-order valence-corrected chi connectivity index (χ4v) is 3.01. The molecule has 0 aliphatic heterocycles. The first kappa shape index (κ1) is 22.2. The Morgan fingerprint density at radius 1 is 1.27 bits per heavy atom. The number of guanidine groups is 1. The molecule has 1 rings (SSSR count). The van der Waals surface area contributed by atoms with Gasteiger partial charge in [-0.3, -0.25) is 4.99 Å². The largest absolute Gasteiger partial charge is 0.486 e. The zero-order chi connectivity index (χ0) is 19.8. The quantitative estimate of drug-likeness (QED) is 0.529. The van der Waals surface area contributed by atoms with Gasteiger partial charge in [-0.05, 0) is 39.3 Å². The van der Waals surface area contributed by atoms with Gasteiger partial charge in [-0.25, -0.2) is 12.8 Å². The Labute approximate surface area is 156 Å². The normalized spacial score (nSPS) is 14.0. The van der Waals surface area contributed by atoms with Gasteiger partial charge in [0.1, 0.15) is 6.10 Å². The highest BCUT2D eigenvalue weighted by Crippen LogP contribution is 2.18. The zero-order valence-electron chi connectivity index (χ0n) is 16.2. The van der Waals surface area contributed by atoms with Gasteiger partial charge in [0.2, 0.25) is 0 Å². The fourth-order valence-electron chi connectivity index (χ4n) is 2.03. The van der Waals surface area contributed by atoms with E-state index in [1.807, 2.05) is 6.92 Å².